The Morgan fingerprint density at radius 3 is 2.39 bits per heavy atom. The fourth-order valence-corrected chi connectivity index (χ4v) is 2.96. The van der Waals surface area contributed by atoms with Crippen LogP contribution < -0.4 is 10.5 Å². The molecule has 1 saturated heterocycles. The maximum atomic E-state index is 11.4. The first kappa shape index (κ1) is 20.0. The highest BCUT2D eigenvalue weighted by Crippen LogP contribution is 2.15. The summed E-state index contributed by atoms with van der Waals surface area (Å²) in [5.41, 5.74) is 5.95. The van der Waals surface area contributed by atoms with Gasteiger partial charge < -0.3 is 15.4 Å². The molecule has 1 aromatic rings. The lowest BCUT2D eigenvalue weighted by Gasteiger charge is -2.27. The predicted molar refractivity (Wildman–Crippen MR) is 102 cm³/mol. The Labute approximate surface area is 155 Å². The van der Waals surface area contributed by atoms with E-state index in [0.717, 1.165) is 13.1 Å². The summed E-state index contributed by atoms with van der Waals surface area (Å²) >= 11 is 0. The molecule has 2 rings (SSSR count). The van der Waals surface area contributed by atoms with E-state index in [0.29, 0.717) is 24.9 Å². The van der Waals surface area contributed by atoms with Crippen molar-refractivity contribution in [2.24, 2.45) is 10.7 Å². The average Bonchev–Trinajstić information content (AvgIpc) is 2.52. The number of guanidine groups is 1. The summed E-state index contributed by atoms with van der Waals surface area (Å²) in [6.07, 6.45) is 4.77. The minimum absolute atomic E-state index is 0. The minimum Gasteiger partial charge on any atom is -0.492 e. The molecule has 0 radical (unpaired) electrons. The summed E-state index contributed by atoms with van der Waals surface area (Å²) in [7, 11) is -3.17. The molecule has 6 nitrogen and oxygen atoms in total. The van der Waals surface area contributed by atoms with Crippen molar-refractivity contribution in [3.63, 3.8) is 0 Å². The third kappa shape index (κ3) is 6.54. The van der Waals surface area contributed by atoms with E-state index in [-0.39, 0.29) is 28.9 Å². The van der Waals surface area contributed by atoms with Crippen LogP contribution in [0.25, 0.3) is 0 Å². The molecule has 23 heavy (non-hydrogen) atoms. The van der Waals surface area contributed by atoms with E-state index in [1.165, 1.54) is 37.7 Å². The Balaban J connectivity index is 0.00000264. The molecule has 0 amide bonds. The van der Waals surface area contributed by atoms with E-state index < -0.39 is 9.84 Å². The molecule has 0 atom stereocenters. The Morgan fingerprint density at radius 2 is 1.83 bits per heavy atom. The second-order valence-corrected chi connectivity index (χ2v) is 7.40. The Hall–Kier alpha value is -1.03. The van der Waals surface area contributed by atoms with Crippen LogP contribution in [0, 0.1) is 0 Å². The molecule has 2 N–H and O–H groups in total. The smallest absolute Gasteiger partial charge is 0.191 e. The number of hydrogen-bond acceptors (Lipinski definition) is 4. The number of likely N-dealkylation sites (tertiary alicyclic amines) is 1. The molecule has 0 saturated carbocycles. The Morgan fingerprint density at radius 1 is 1.22 bits per heavy atom. The molecular formula is C15H24IN3O3S. The van der Waals surface area contributed by atoms with Gasteiger partial charge in [-0.3, -0.25) is 0 Å². The highest BCUT2D eigenvalue weighted by Gasteiger charge is 2.11. The van der Waals surface area contributed by atoms with Gasteiger partial charge >= 0.3 is 0 Å². The van der Waals surface area contributed by atoms with Gasteiger partial charge in [0.05, 0.1) is 11.4 Å². The van der Waals surface area contributed by atoms with Gasteiger partial charge in [0.15, 0.2) is 15.8 Å². The topological polar surface area (TPSA) is 85.0 Å². The molecule has 0 aliphatic carbocycles. The molecule has 0 aromatic heterocycles. The van der Waals surface area contributed by atoms with Crippen LogP contribution >= 0.6 is 24.0 Å². The van der Waals surface area contributed by atoms with Gasteiger partial charge in [-0.15, -0.1) is 24.0 Å². The zero-order valence-electron chi connectivity index (χ0n) is 13.3. The maximum Gasteiger partial charge on any atom is 0.191 e. The Kier molecular flexibility index (Phi) is 8.10. The molecular weight excluding hydrogens is 429 g/mol. The number of nitrogens with zero attached hydrogens (tertiary/aromatic N) is 2. The van der Waals surface area contributed by atoms with Crippen LogP contribution in [0.5, 0.6) is 5.75 Å². The summed E-state index contributed by atoms with van der Waals surface area (Å²) < 4.78 is 28.2. The van der Waals surface area contributed by atoms with Crippen molar-refractivity contribution in [1.82, 2.24) is 4.90 Å². The summed E-state index contributed by atoms with van der Waals surface area (Å²) in [5.74, 6) is 1.20. The van der Waals surface area contributed by atoms with Crippen LogP contribution in [0.4, 0.5) is 0 Å². The minimum atomic E-state index is -3.17. The zero-order chi connectivity index (χ0) is 16.0. The molecule has 1 heterocycles. The van der Waals surface area contributed by atoms with Crippen molar-refractivity contribution >= 4 is 39.8 Å². The number of ether oxygens (including phenoxy) is 1. The van der Waals surface area contributed by atoms with E-state index in [2.05, 4.69) is 9.89 Å². The lowest BCUT2D eigenvalue weighted by atomic mass is 10.1. The van der Waals surface area contributed by atoms with E-state index in [4.69, 9.17) is 10.5 Å². The number of rotatable bonds is 5. The first-order valence-corrected chi connectivity index (χ1v) is 9.34. The molecule has 1 aromatic carbocycles. The molecule has 1 aliphatic heterocycles. The van der Waals surface area contributed by atoms with E-state index in [9.17, 15) is 8.42 Å². The van der Waals surface area contributed by atoms with Gasteiger partial charge in [-0.05, 0) is 43.5 Å². The van der Waals surface area contributed by atoms with Crippen LogP contribution in [-0.2, 0) is 9.84 Å². The number of hydrogen-bond donors (Lipinski definition) is 1. The van der Waals surface area contributed by atoms with Crippen LogP contribution in [0.1, 0.15) is 19.3 Å². The van der Waals surface area contributed by atoms with Crippen molar-refractivity contribution in [2.75, 3.05) is 32.5 Å². The fraction of sp³-hybridized carbons (Fsp3) is 0.533. The van der Waals surface area contributed by atoms with Crippen molar-refractivity contribution < 1.29 is 13.2 Å². The van der Waals surface area contributed by atoms with E-state index >= 15 is 0 Å². The second-order valence-electron chi connectivity index (χ2n) is 5.38. The van der Waals surface area contributed by atoms with Gasteiger partial charge in [-0.2, -0.15) is 0 Å². The predicted octanol–water partition coefficient (Wildman–Crippen LogP) is 1.89. The lowest BCUT2D eigenvalue weighted by molar-refractivity contribution is 0.320. The third-order valence-electron chi connectivity index (χ3n) is 3.57. The first-order valence-electron chi connectivity index (χ1n) is 7.44. The standard InChI is InChI=1S/C15H23N3O3S.HI/c1-22(19,20)14-7-5-13(6-8-14)21-12-9-17-15(16)18-10-3-2-4-11-18;/h5-8H,2-4,9-12H2,1H3,(H2,16,17);1H. The second kappa shape index (κ2) is 9.31. The molecule has 1 fully saturated rings. The number of halogens is 1. The largest absolute Gasteiger partial charge is 0.492 e. The van der Waals surface area contributed by atoms with Crippen LogP contribution in [0.2, 0.25) is 0 Å². The number of piperidine rings is 1. The van der Waals surface area contributed by atoms with Gasteiger partial charge in [-0.1, -0.05) is 0 Å². The number of benzene rings is 1. The van der Waals surface area contributed by atoms with Crippen LogP contribution in [0.15, 0.2) is 34.2 Å². The van der Waals surface area contributed by atoms with Gasteiger partial charge in [0.1, 0.15) is 12.4 Å². The van der Waals surface area contributed by atoms with Crippen molar-refractivity contribution in [2.45, 2.75) is 24.2 Å². The van der Waals surface area contributed by atoms with Gasteiger partial charge in [0, 0.05) is 19.3 Å². The van der Waals surface area contributed by atoms with Crippen molar-refractivity contribution in [3.05, 3.63) is 24.3 Å². The number of nitrogens with two attached hydrogens (primary N) is 1. The average molecular weight is 453 g/mol. The van der Waals surface area contributed by atoms with Crippen molar-refractivity contribution in [1.29, 1.82) is 0 Å². The normalized spacial score (nSPS) is 15.9. The summed E-state index contributed by atoms with van der Waals surface area (Å²) in [4.78, 5) is 6.71. The summed E-state index contributed by atoms with van der Waals surface area (Å²) in [5, 5.41) is 0. The zero-order valence-corrected chi connectivity index (χ0v) is 16.4. The fourth-order valence-electron chi connectivity index (χ4n) is 2.33. The third-order valence-corrected chi connectivity index (χ3v) is 4.69. The molecule has 130 valence electrons. The highest BCUT2D eigenvalue weighted by molar-refractivity contribution is 14.0. The molecule has 8 heteroatoms. The van der Waals surface area contributed by atoms with Gasteiger partial charge in [-0.25, -0.2) is 13.4 Å². The number of aliphatic imine (C=N–C) groups is 1. The maximum absolute atomic E-state index is 11.4. The van der Waals surface area contributed by atoms with Gasteiger partial charge in [0.25, 0.3) is 0 Å². The summed E-state index contributed by atoms with van der Waals surface area (Å²) in [6, 6.07) is 6.37. The van der Waals surface area contributed by atoms with Gasteiger partial charge in [0.2, 0.25) is 0 Å². The van der Waals surface area contributed by atoms with Crippen LogP contribution in [-0.4, -0.2) is 51.8 Å². The summed E-state index contributed by atoms with van der Waals surface area (Å²) in [6.45, 7) is 2.84. The van der Waals surface area contributed by atoms with E-state index in [1.807, 2.05) is 0 Å². The first-order chi connectivity index (χ1) is 10.5. The molecule has 1 aliphatic rings. The monoisotopic (exact) mass is 453 g/mol. The van der Waals surface area contributed by atoms with Crippen molar-refractivity contribution in [3.8, 4) is 5.75 Å². The van der Waals surface area contributed by atoms with E-state index in [1.54, 1.807) is 12.1 Å². The molecule has 0 bridgehead atoms. The van der Waals surface area contributed by atoms with Crippen LogP contribution in [0.3, 0.4) is 0 Å². The quantitative estimate of drug-likeness (QED) is 0.319. The molecule has 0 unspecified atom stereocenters. The number of sulfone groups is 1. The highest BCUT2D eigenvalue weighted by atomic mass is 127. The molecule has 0 spiro atoms. The Bertz CT molecular complexity index is 611. The lowest BCUT2D eigenvalue weighted by Crippen LogP contribution is -2.41. The SMILES string of the molecule is CS(=O)(=O)c1ccc(OCCN=C(N)N2CCCCC2)cc1.I.